The van der Waals surface area contributed by atoms with E-state index in [1.165, 1.54) is 19.2 Å². The number of amides is 1. The Morgan fingerprint density at radius 1 is 1.55 bits per heavy atom. The van der Waals surface area contributed by atoms with Gasteiger partial charge in [0.25, 0.3) is 5.91 Å². The summed E-state index contributed by atoms with van der Waals surface area (Å²) in [4.78, 5) is 20.1. The number of hydrogen-bond acceptors (Lipinski definition) is 5. The van der Waals surface area contributed by atoms with Gasteiger partial charge in [-0.05, 0) is 11.0 Å². The zero-order chi connectivity index (χ0) is 15.4. The number of carbonyl (C=O) groups excluding carboxylic acids is 1. The van der Waals surface area contributed by atoms with Gasteiger partial charge in [-0.15, -0.1) is 0 Å². The lowest BCUT2D eigenvalue weighted by atomic mass is 10.1. The van der Waals surface area contributed by atoms with E-state index in [1.54, 1.807) is 0 Å². The monoisotopic (exact) mass is 325 g/mol. The van der Waals surface area contributed by atoms with Crippen LogP contribution in [0.5, 0.6) is 0 Å². The molecular weight excluding hydrogens is 313 g/mol. The fourth-order valence-electron chi connectivity index (χ4n) is 1.67. The van der Waals surface area contributed by atoms with Gasteiger partial charge in [-0.2, -0.15) is 0 Å². The Morgan fingerprint density at radius 2 is 2.15 bits per heavy atom. The van der Waals surface area contributed by atoms with Crippen molar-refractivity contribution >= 4 is 34.9 Å². The molecule has 8 nitrogen and oxygen atoms in total. The third-order valence-corrected chi connectivity index (χ3v) is 3.12. The number of nitrogens with one attached hydrogen (secondary N) is 1. The summed E-state index contributed by atoms with van der Waals surface area (Å²) < 4.78 is 1.15. The van der Waals surface area contributed by atoms with Crippen molar-refractivity contribution in [3.63, 3.8) is 0 Å². The first-order valence-electron chi connectivity index (χ1n) is 5.47. The van der Waals surface area contributed by atoms with Gasteiger partial charge < -0.3 is 25.6 Å². The summed E-state index contributed by atoms with van der Waals surface area (Å²) in [6.07, 6.45) is -1.35. The maximum absolute atomic E-state index is 11.3. The van der Waals surface area contributed by atoms with Crippen molar-refractivity contribution in [3.8, 4) is 0 Å². The van der Waals surface area contributed by atoms with Crippen LogP contribution < -0.4 is 5.32 Å². The number of aromatic nitrogens is 1. The first-order valence-corrected chi connectivity index (χ1v) is 6.34. The lowest BCUT2D eigenvalue weighted by molar-refractivity contribution is -0.391. The average Bonchev–Trinajstić information content (AvgIpc) is 2.76. The third-order valence-electron chi connectivity index (χ3n) is 2.73. The number of nitro groups is 1. The number of halogens is 2. The molecule has 1 heterocycles. The van der Waals surface area contributed by atoms with E-state index in [1.807, 2.05) is 0 Å². The van der Waals surface area contributed by atoms with Crippen molar-refractivity contribution in [2.75, 3.05) is 6.61 Å². The molecule has 1 aromatic rings. The van der Waals surface area contributed by atoms with Crippen LogP contribution in [-0.4, -0.2) is 43.1 Å². The van der Waals surface area contributed by atoms with Crippen LogP contribution in [0.25, 0.3) is 0 Å². The fourth-order valence-corrected chi connectivity index (χ4v) is 1.80. The molecule has 0 radical (unpaired) electrons. The van der Waals surface area contributed by atoms with Crippen LogP contribution in [0.3, 0.4) is 0 Å². The van der Waals surface area contributed by atoms with Gasteiger partial charge in [-0.1, -0.05) is 23.2 Å². The average molecular weight is 326 g/mol. The van der Waals surface area contributed by atoms with Crippen molar-refractivity contribution in [1.82, 2.24) is 9.88 Å². The molecule has 1 amide bonds. The number of nitrogens with zero attached hydrogens (tertiary/aromatic N) is 2. The van der Waals surface area contributed by atoms with Gasteiger partial charge in [0.15, 0.2) is 4.84 Å². The van der Waals surface area contributed by atoms with Gasteiger partial charge in [0.05, 0.1) is 19.7 Å². The molecule has 0 saturated carbocycles. The van der Waals surface area contributed by atoms with E-state index in [9.17, 15) is 25.1 Å². The number of aliphatic hydroxyl groups excluding tert-OH is 2. The number of rotatable bonds is 6. The van der Waals surface area contributed by atoms with Crippen molar-refractivity contribution in [2.45, 2.75) is 17.0 Å². The van der Waals surface area contributed by atoms with Gasteiger partial charge in [0.2, 0.25) is 0 Å². The lowest BCUT2D eigenvalue weighted by Gasteiger charge is -2.21. The van der Waals surface area contributed by atoms with Crippen LogP contribution in [-0.2, 0) is 11.8 Å². The van der Waals surface area contributed by atoms with Crippen molar-refractivity contribution < 1.29 is 19.9 Å². The Hall–Kier alpha value is -1.35. The summed E-state index contributed by atoms with van der Waals surface area (Å²) in [6.45, 7) is -0.591. The molecule has 112 valence electrons. The third kappa shape index (κ3) is 3.60. The molecule has 2 atom stereocenters. The zero-order valence-electron chi connectivity index (χ0n) is 10.4. The summed E-state index contributed by atoms with van der Waals surface area (Å²) in [6, 6.07) is 1.45. The van der Waals surface area contributed by atoms with Crippen LogP contribution in [0.4, 0.5) is 5.82 Å². The molecule has 0 bridgehead atoms. The summed E-state index contributed by atoms with van der Waals surface area (Å²) in [5.74, 6) is -1.01. The van der Waals surface area contributed by atoms with E-state index in [-0.39, 0.29) is 11.5 Å². The molecule has 1 aromatic heterocycles. The normalized spacial score (nSPS) is 14.1. The molecule has 1 rings (SSSR count). The number of alkyl halides is 2. The topological polar surface area (TPSA) is 118 Å². The standard InChI is InChI=1S/C10H13Cl2N3O5/c1-14-6(2-3-7(14)15(19)20)8(17)5(4-16)13-10(18)9(11)12/h2-3,5,8-9,16-17H,4H2,1H3,(H,13,18). The Kier molecular flexibility index (Phi) is 5.75. The Bertz CT molecular complexity index is 505. The molecule has 0 spiro atoms. The molecule has 0 aliphatic heterocycles. The van der Waals surface area contributed by atoms with Crippen LogP contribution in [0.2, 0.25) is 0 Å². The van der Waals surface area contributed by atoms with E-state index in [4.69, 9.17) is 23.2 Å². The smallest absolute Gasteiger partial charge is 0.323 e. The second-order valence-corrected chi connectivity index (χ2v) is 5.07. The first kappa shape index (κ1) is 16.7. The van der Waals surface area contributed by atoms with E-state index < -0.39 is 34.4 Å². The number of hydrogen-bond donors (Lipinski definition) is 3. The Morgan fingerprint density at radius 3 is 2.55 bits per heavy atom. The first-order chi connectivity index (χ1) is 9.29. The number of aliphatic hydroxyl groups is 2. The molecule has 0 fully saturated rings. The molecule has 2 unspecified atom stereocenters. The van der Waals surface area contributed by atoms with E-state index in [0.717, 1.165) is 4.57 Å². The highest BCUT2D eigenvalue weighted by Gasteiger charge is 2.29. The molecule has 20 heavy (non-hydrogen) atoms. The Labute approximate surface area is 124 Å². The second kappa shape index (κ2) is 6.89. The van der Waals surface area contributed by atoms with Gasteiger partial charge >= 0.3 is 5.82 Å². The maximum Gasteiger partial charge on any atom is 0.323 e. The highest BCUT2D eigenvalue weighted by molar-refractivity contribution is 6.53. The van der Waals surface area contributed by atoms with Crippen LogP contribution in [0.15, 0.2) is 12.1 Å². The molecular formula is C10H13Cl2N3O5. The molecule has 0 aliphatic carbocycles. The predicted octanol–water partition coefficient (Wildman–Crippen LogP) is 0.247. The minimum Gasteiger partial charge on any atom is -0.394 e. The van der Waals surface area contributed by atoms with E-state index in [0.29, 0.717) is 0 Å². The molecule has 0 aliphatic rings. The highest BCUT2D eigenvalue weighted by Crippen LogP contribution is 2.23. The maximum atomic E-state index is 11.3. The molecule has 0 saturated heterocycles. The van der Waals surface area contributed by atoms with Gasteiger partial charge in [0, 0.05) is 6.07 Å². The van der Waals surface area contributed by atoms with Crippen molar-refractivity contribution in [2.24, 2.45) is 7.05 Å². The molecule has 3 N–H and O–H groups in total. The van der Waals surface area contributed by atoms with Crippen molar-refractivity contribution in [3.05, 3.63) is 27.9 Å². The number of carbonyl (C=O) groups is 1. The van der Waals surface area contributed by atoms with Crippen LogP contribution in [0.1, 0.15) is 11.8 Å². The van der Waals surface area contributed by atoms with E-state index >= 15 is 0 Å². The van der Waals surface area contributed by atoms with E-state index in [2.05, 4.69) is 5.32 Å². The largest absolute Gasteiger partial charge is 0.394 e. The summed E-state index contributed by atoms with van der Waals surface area (Å²) in [5, 5.41) is 32.2. The summed E-state index contributed by atoms with van der Waals surface area (Å²) in [7, 11) is 1.39. The zero-order valence-corrected chi connectivity index (χ0v) is 11.9. The SMILES string of the molecule is Cn1c(C(O)C(CO)NC(=O)C(Cl)Cl)ccc1[N+](=O)[O-]. The summed E-state index contributed by atoms with van der Waals surface area (Å²) in [5.41, 5.74) is 0.164. The summed E-state index contributed by atoms with van der Waals surface area (Å²) >= 11 is 10.7. The fraction of sp³-hybridized carbons (Fsp3) is 0.500. The van der Waals surface area contributed by atoms with Gasteiger partial charge in [-0.25, -0.2) is 4.57 Å². The minimum atomic E-state index is -1.35. The second-order valence-electron chi connectivity index (χ2n) is 3.98. The predicted molar refractivity (Wildman–Crippen MR) is 71.5 cm³/mol. The van der Waals surface area contributed by atoms with Crippen LogP contribution in [0, 0.1) is 10.1 Å². The quantitative estimate of drug-likeness (QED) is 0.393. The minimum absolute atomic E-state index is 0.164. The highest BCUT2D eigenvalue weighted by atomic mass is 35.5. The van der Waals surface area contributed by atoms with Gasteiger partial charge in [-0.3, -0.25) is 4.79 Å². The van der Waals surface area contributed by atoms with Gasteiger partial charge in [0.1, 0.15) is 11.8 Å². The Balaban J connectivity index is 2.94. The molecule has 0 aromatic carbocycles. The molecule has 10 heteroatoms. The lowest BCUT2D eigenvalue weighted by Crippen LogP contribution is -2.44. The van der Waals surface area contributed by atoms with Crippen LogP contribution >= 0.6 is 23.2 Å². The van der Waals surface area contributed by atoms with Crippen molar-refractivity contribution in [1.29, 1.82) is 0 Å².